The van der Waals surface area contributed by atoms with Crippen LogP contribution in [0, 0.1) is 6.92 Å². The summed E-state index contributed by atoms with van der Waals surface area (Å²) in [5, 5.41) is 15.8. The summed E-state index contributed by atoms with van der Waals surface area (Å²) < 4.78 is 12.5. The summed E-state index contributed by atoms with van der Waals surface area (Å²) >= 11 is 1.30. The number of thioether (sulfide) groups is 1. The molecule has 0 spiro atoms. The van der Waals surface area contributed by atoms with Gasteiger partial charge in [-0.3, -0.25) is 9.36 Å². The maximum Gasteiger partial charge on any atom is 0.248 e. The second-order valence-electron chi connectivity index (χ2n) is 6.61. The number of rotatable bonds is 8. The Hall–Kier alpha value is -3.40. The summed E-state index contributed by atoms with van der Waals surface area (Å²) in [5.74, 6) is 2.13. The molecule has 10 heteroatoms. The van der Waals surface area contributed by atoms with Crippen LogP contribution in [0.4, 0.5) is 0 Å². The van der Waals surface area contributed by atoms with Gasteiger partial charge in [0.25, 0.3) is 0 Å². The minimum atomic E-state index is -0.375. The van der Waals surface area contributed by atoms with Crippen molar-refractivity contribution in [2.75, 3.05) is 5.75 Å². The quantitative estimate of drug-likeness (QED) is 0.429. The lowest BCUT2D eigenvalue weighted by molar-refractivity contribution is -0.119. The van der Waals surface area contributed by atoms with Crippen molar-refractivity contribution in [3.05, 3.63) is 66.0 Å². The van der Waals surface area contributed by atoms with Crippen molar-refractivity contribution < 1.29 is 13.7 Å². The number of hydrogen-bond donors (Lipinski definition) is 1. The van der Waals surface area contributed by atoms with E-state index < -0.39 is 0 Å². The molecule has 4 rings (SSSR count). The second-order valence-corrected chi connectivity index (χ2v) is 7.56. The van der Waals surface area contributed by atoms with E-state index >= 15 is 0 Å². The molecule has 0 aliphatic heterocycles. The Morgan fingerprint density at radius 2 is 2.03 bits per heavy atom. The SMILES string of the molecule is Cc1noc(C(C)NC(=O)CSc2nnc(-c3ccco3)n2Cc2ccccc2)n1. The molecule has 4 aromatic rings. The molecule has 0 fully saturated rings. The molecule has 9 nitrogen and oxygen atoms in total. The Morgan fingerprint density at radius 3 is 2.73 bits per heavy atom. The summed E-state index contributed by atoms with van der Waals surface area (Å²) in [5.41, 5.74) is 1.09. The molecule has 3 heterocycles. The highest BCUT2D eigenvalue weighted by Gasteiger charge is 2.19. The first kappa shape index (κ1) is 19.9. The van der Waals surface area contributed by atoms with Crippen LogP contribution < -0.4 is 5.32 Å². The van der Waals surface area contributed by atoms with Crippen LogP contribution in [0.25, 0.3) is 11.6 Å². The minimum Gasteiger partial charge on any atom is -0.461 e. The predicted molar refractivity (Wildman–Crippen MR) is 110 cm³/mol. The molecular weight excluding hydrogens is 404 g/mol. The lowest BCUT2D eigenvalue weighted by Crippen LogP contribution is -2.28. The third-order valence-electron chi connectivity index (χ3n) is 4.27. The number of hydrogen-bond acceptors (Lipinski definition) is 8. The summed E-state index contributed by atoms with van der Waals surface area (Å²) in [6, 6.07) is 13.2. The van der Waals surface area contributed by atoms with E-state index in [1.54, 1.807) is 26.2 Å². The number of nitrogens with one attached hydrogen (secondary N) is 1. The summed E-state index contributed by atoms with van der Waals surface area (Å²) in [7, 11) is 0. The fourth-order valence-corrected chi connectivity index (χ4v) is 3.61. The minimum absolute atomic E-state index is 0.169. The van der Waals surface area contributed by atoms with Crippen molar-refractivity contribution in [2.45, 2.75) is 31.6 Å². The van der Waals surface area contributed by atoms with Crippen molar-refractivity contribution in [1.82, 2.24) is 30.2 Å². The van der Waals surface area contributed by atoms with Crippen LogP contribution in [0.2, 0.25) is 0 Å². The van der Waals surface area contributed by atoms with Gasteiger partial charge in [-0.1, -0.05) is 47.3 Å². The molecule has 0 bridgehead atoms. The van der Waals surface area contributed by atoms with E-state index in [0.29, 0.717) is 35.0 Å². The highest BCUT2D eigenvalue weighted by Crippen LogP contribution is 2.25. The Kier molecular flexibility index (Phi) is 5.94. The van der Waals surface area contributed by atoms with Gasteiger partial charge in [0.15, 0.2) is 16.7 Å². The Labute approximate surface area is 176 Å². The van der Waals surface area contributed by atoms with Crippen LogP contribution in [0.3, 0.4) is 0 Å². The number of carbonyl (C=O) groups excluding carboxylic acids is 1. The maximum atomic E-state index is 12.4. The molecule has 154 valence electrons. The molecule has 0 saturated carbocycles. The van der Waals surface area contributed by atoms with E-state index in [9.17, 15) is 4.79 Å². The molecule has 30 heavy (non-hydrogen) atoms. The van der Waals surface area contributed by atoms with Crippen LogP contribution in [-0.4, -0.2) is 36.6 Å². The zero-order valence-electron chi connectivity index (χ0n) is 16.5. The van der Waals surface area contributed by atoms with Crippen LogP contribution >= 0.6 is 11.8 Å². The topological polar surface area (TPSA) is 112 Å². The lowest BCUT2D eigenvalue weighted by Gasteiger charge is -2.11. The summed E-state index contributed by atoms with van der Waals surface area (Å²) in [6.45, 7) is 4.08. The van der Waals surface area contributed by atoms with Gasteiger partial charge < -0.3 is 14.3 Å². The van der Waals surface area contributed by atoms with Gasteiger partial charge in [-0.15, -0.1) is 10.2 Å². The van der Waals surface area contributed by atoms with Gasteiger partial charge in [0.1, 0.15) is 6.04 Å². The van der Waals surface area contributed by atoms with Crippen LogP contribution in [-0.2, 0) is 11.3 Å². The van der Waals surface area contributed by atoms with Crippen LogP contribution in [0.15, 0.2) is 62.8 Å². The summed E-state index contributed by atoms with van der Waals surface area (Å²) in [4.78, 5) is 16.6. The third kappa shape index (κ3) is 4.60. The Morgan fingerprint density at radius 1 is 1.20 bits per heavy atom. The fourth-order valence-electron chi connectivity index (χ4n) is 2.86. The van der Waals surface area contributed by atoms with Gasteiger partial charge in [0, 0.05) is 0 Å². The largest absolute Gasteiger partial charge is 0.461 e. The number of nitrogens with zero attached hydrogens (tertiary/aromatic N) is 5. The molecule has 0 aliphatic rings. The average Bonchev–Trinajstić information content (AvgIpc) is 3.48. The number of aromatic nitrogens is 5. The highest BCUT2D eigenvalue weighted by molar-refractivity contribution is 7.99. The summed E-state index contributed by atoms with van der Waals surface area (Å²) in [6.07, 6.45) is 1.60. The van der Waals surface area contributed by atoms with Crippen LogP contribution in [0.5, 0.6) is 0 Å². The average molecular weight is 424 g/mol. The maximum absolute atomic E-state index is 12.4. The van der Waals surface area contributed by atoms with Crippen molar-refractivity contribution in [1.29, 1.82) is 0 Å². The number of carbonyl (C=O) groups is 1. The van der Waals surface area contributed by atoms with Gasteiger partial charge in [0.2, 0.25) is 17.6 Å². The molecule has 0 radical (unpaired) electrons. The van der Waals surface area contributed by atoms with Crippen molar-refractivity contribution in [3.8, 4) is 11.6 Å². The van der Waals surface area contributed by atoms with Gasteiger partial charge in [-0.05, 0) is 31.5 Å². The standard InChI is InChI=1S/C20H20N6O3S/c1-13(19-22-14(2)25-29-19)21-17(27)12-30-20-24-23-18(16-9-6-10-28-16)26(20)11-15-7-4-3-5-8-15/h3-10,13H,11-12H2,1-2H3,(H,21,27). The fraction of sp³-hybridized carbons (Fsp3) is 0.250. The van der Waals surface area contributed by atoms with Crippen molar-refractivity contribution in [2.24, 2.45) is 0 Å². The zero-order chi connectivity index (χ0) is 20.9. The van der Waals surface area contributed by atoms with E-state index in [2.05, 4.69) is 25.7 Å². The zero-order valence-corrected chi connectivity index (χ0v) is 17.3. The Balaban J connectivity index is 1.47. The molecule has 1 amide bonds. The van der Waals surface area contributed by atoms with Gasteiger partial charge in [-0.2, -0.15) is 4.98 Å². The third-order valence-corrected chi connectivity index (χ3v) is 5.23. The van der Waals surface area contributed by atoms with E-state index in [1.807, 2.05) is 41.0 Å². The molecule has 1 atom stereocenters. The second kappa shape index (κ2) is 8.95. The molecule has 1 aromatic carbocycles. The number of furan rings is 1. The van der Waals surface area contributed by atoms with E-state index in [4.69, 9.17) is 8.94 Å². The van der Waals surface area contributed by atoms with Crippen molar-refractivity contribution >= 4 is 17.7 Å². The first-order chi connectivity index (χ1) is 14.6. The van der Waals surface area contributed by atoms with Gasteiger partial charge in [-0.25, -0.2) is 0 Å². The number of aryl methyl sites for hydroxylation is 1. The normalized spacial score (nSPS) is 12.1. The van der Waals surface area contributed by atoms with Gasteiger partial charge >= 0.3 is 0 Å². The Bertz CT molecular complexity index is 1110. The molecule has 1 N–H and O–H groups in total. The molecule has 3 aromatic heterocycles. The molecule has 0 saturated heterocycles. The van der Waals surface area contributed by atoms with Crippen molar-refractivity contribution in [3.63, 3.8) is 0 Å². The smallest absolute Gasteiger partial charge is 0.248 e. The molecule has 0 aliphatic carbocycles. The monoisotopic (exact) mass is 424 g/mol. The first-order valence-corrected chi connectivity index (χ1v) is 10.3. The molecule has 1 unspecified atom stereocenters. The molecular formula is C20H20N6O3S. The van der Waals surface area contributed by atoms with E-state index in [-0.39, 0.29) is 17.7 Å². The predicted octanol–water partition coefficient (Wildman–Crippen LogP) is 3.25. The van der Waals surface area contributed by atoms with Crippen LogP contribution in [0.1, 0.15) is 30.2 Å². The van der Waals surface area contributed by atoms with E-state index in [0.717, 1.165) is 5.56 Å². The number of amides is 1. The lowest BCUT2D eigenvalue weighted by atomic mass is 10.2. The first-order valence-electron chi connectivity index (χ1n) is 9.33. The highest BCUT2D eigenvalue weighted by atomic mass is 32.2. The van der Waals surface area contributed by atoms with Gasteiger partial charge in [0.05, 0.1) is 18.6 Å². The number of benzene rings is 1. The van der Waals surface area contributed by atoms with E-state index in [1.165, 1.54) is 11.8 Å².